The van der Waals surface area contributed by atoms with Crippen molar-refractivity contribution in [1.29, 1.82) is 0 Å². The lowest BCUT2D eigenvalue weighted by Crippen LogP contribution is -2.49. The molecule has 1 aliphatic heterocycles. The molecule has 1 saturated heterocycles. The molecule has 3 rings (SSSR count). The zero-order valence-corrected chi connectivity index (χ0v) is 15.3. The van der Waals surface area contributed by atoms with Gasteiger partial charge in [0.05, 0.1) is 4.90 Å². The molecule has 8 heteroatoms. The van der Waals surface area contributed by atoms with Gasteiger partial charge in [0.15, 0.2) is 0 Å². The second kappa shape index (κ2) is 7.47. The van der Waals surface area contributed by atoms with Gasteiger partial charge in [0, 0.05) is 50.2 Å². The van der Waals surface area contributed by atoms with Crippen molar-refractivity contribution < 1.29 is 8.42 Å². The second-order valence-corrected chi connectivity index (χ2v) is 8.08. The fourth-order valence-electron chi connectivity index (χ4n) is 2.79. The van der Waals surface area contributed by atoms with Gasteiger partial charge in [0.2, 0.25) is 5.95 Å². The van der Waals surface area contributed by atoms with Crippen LogP contribution in [0.2, 0.25) is 0 Å². The van der Waals surface area contributed by atoms with Gasteiger partial charge in [-0.05, 0) is 26.1 Å². The highest BCUT2D eigenvalue weighted by Crippen LogP contribution is 2.14. The molecule has 1 atom stereocenters. The molecular weight excluding hydrogens is 338 g/mol. The standard InChI is InChI=1S/C17H23N5O2S/c1-14-12-22(9-8-21(14)2)13-15-10-18-17(19-11-15)20-25(23,24)16-6-4-3-5-7-16/h3-7,10-11,14H,8-9,12-13H2,1-2H3,(H,18,19,20)/t14-/m1/s1. The van der Waals surface area contributed by atoms with Crippen molar-refractivity contribution in [3.8, 4) is 0 Å². The molecule has 0 amide bonds. The number of hydrogen-bond donors (Lipinski definition) is 1. The number of piperazine rings is 1. The SMILES string of the molecule is C[C@@H]1CN(Cc2cnc(NS(=O)(=O)c3ccccc3)nc2)CCN1C. The third-order valence-electron chi connectivity index (χ3n) is 4.43. The number of rotatable bonds is 5. The third-order valence-corrected chi connectivity index (χ3v) is 5.78. The maximum absolute atomic E-state index is 12.3. The first kappa shape index (κ1) is 17.8. The molecule has 134 valence electrons. The molecule has 1 N–H and O–H groups in total. The number of hydrogen-bond acceptors (Lipinski definition) is 6. The molecule has 1 aliphatic rings. The van der Waals surface area contributed by atoms with E-state index in [1.54, 1.807) is 30.6 Å². The van der Waals surface area contributed by atoms with E-state index < -0.39 is 10.0 Å². The Morgan fingerprint density at radius 1 is 1.16 bits per heavy atom. The molecule has 1 aromatic carbocycles. The van der Waals surface area contributed by atoms with Crippen LogP contribution in [0.15, 0.2) is 47.6 Å². The van der Waals surface area contributed by atoms with Gasteiger partial charge in [-0.2, -0.15) is 0 Å². The Bertz CT molecular complexity index is 796. The molecule has 25 heavy (non-hydrogen) atoms. The molecule has 0 aliphatic carbocycles. The Balaban J connectivity index is 1.63. The van der Waals surface area contributed by atoms with Gasteiger partial charge >= 0.3 is 0 Å². The zero-order valence-electron chi connectivity index (χ0n) is 14.5. The number of aromatic nitrogens is 2. The van der Waals surface area contributed by atoms with Crippen molar-refractivity contribution >= 4 is 16.0 Å². The molecule has 1 fully saturated rings. The van der Waals surface area contributed by atoms with Gasteiger partial charge < -0.3 is 4.90 Å². The largest absolute Gasteiger partial charge is 0.301 e. The first-order valence-electron chi connectivity index (χ1n) is 8.25. The minimum atomic E-state index is -3.66. The van der Waals surface area contributed by atoms with Crippen LogP contribution < -0.4 is 4.72 Å². The quantitative estimate of drug-likeness (QED) is 0.868. The van der Waals surface area contributed by atoms with E-state index in [1.165, 1.54) is 12.1 Å². The number of benzene rings is 1. The summed E-state index contributed by atoms with van der Waals surface area (Å²) in [5.74, 6) is 0.0827. The van der Waals surface area contributed by atoms with Gasteiger partial charge in [0.1, 0.15) is 0 Å². The maximum atomic E-state index is 12.3. The predicted molar refractivity (Wildman–Crippen MR) is 96.7 cm³/mol. The Morgan fingerprint density at radius 3 is 2.48 bits per heavy atom. The summed E-state index contributed by atoms with van der Waals surface area (Å²) in [4.78, 5) is 13.2. The minimum Gasteiger partial charge on any atom is -0.301 e. The van der Waals surface area contributed by atoms with Crippen molar-refractivity contribution in [1.82, 2.24) is 19.8 Å². The molecular formula is C17H23N5O2S. The van der Waals surface area contributed by atoms with Crippen molar-refractivity contribution in [2.45, 2.75) is 24.4 Å². The van der Waals surface area contributed by atoms with Crippen molar-refractivity contribution in [2.75, 3.05) is 31.4 Å². The smallest absolute Gasteiger partial charge is 0.264 e. The fraction of sp³-hybridized carbons (Fsp3) is 0.412. The highest BCUT2D eigenvalue weighted by atomic mass is 32.2. The van der Waals surface area contributed by atoms with Gasteiger partial charge in [-0.3, -0.25) is 4.90 Å². The van der Waals surface area contributed by atoms with E-state index in [0.29, 0.717) is 6.04 Å². The van der Waals surface area contributed by atoms with Crippen LogP contribution in [0.25, 0.3) is 0 Å². The van der Waals surface area contributed by atoms with Crippen LogP contribution in [-0.4, -0.2) is 60.9 Å². The molecule has 0 unspecified atom stereocenters. The Labute approximate surface area is 148 Å². The second-order valence-electron chi connectivity index (χ2n) is 6.40. The Hall–Kier alpha value is -2.03. The number of nitrogens with one attached hydrogen (secondary N) is 1. The molecule has 2 aromatic rings. The summed E-state index contributed by atoms with van der Waals surface area (Å²) in [6, 6.07) is 8.71. The van der Waals surface area contributed by atoms with E-state index in [0.717, 1.165) is 31.7 Å². The van der Waals surface area contributed by atoms with Gasteiger partial charge in [0.25, 0.3) is 10.0 Å². The summed E-state index contributed by atoms with van der Waals surface area (Å²) < 4.78 is 26.9. The first-order chi connectivity index (χ1) is 11.9. The normalized spacial score (nSPS) is 19.7. The highest BCUT2D eigenvalue weighted by Gasteiger charge is 2.21. The molecule has 0 bridgehead atoms. The average Bonchev–Trinajstić information content (AvgIpc) is 2.60. The van der Waals surface area contributed by atoms with Gasteiger partial charge in [-0.1, -0.05) is 18.2 Å². The van der Waals surface area contributed by atoms with Crippen molar-refractivity contribution in [3.05, 3.63) is 48.3 Å². The number of likely N-dealkylation sites (N-methyl/N-ethyl adjacent to an activating group) is 1. The van der Waals surface area contributed by atoms with Crippen LogP contribution in [0.1, 0.15) is 12.5 Å². The van der Waals surface area contributed by atoms with Crippen molar-refractivity contribution in [2.24, 2.45) is 0 Å². The average molecular weight is 361 g/mol. The third kappa shape index (κ3) is 4.53. The first-order valence-corrected chi connectivity index (χ1v) is 9.74. The molecule has 1 aromatic heterocycles. The topological polar surface area (TPSA) is 78.4 Å². The number of sulfonamides is 1. The summed E-state index contributed by atoms with van der Waals surface area (Å²) in [6.07, 6.45) is 3.36. The van der Waals surface area contributed by atoms with E-state index in [4.69, 9.17) is 0 Å². The maximum Gasteiger partial charge on any atom is 0.264 e. The van der Waals surface area contributed by atoms with E-state index in [1.807, 2.05) is 0 Å². The van der Waals surface area contributed by atoms with E-state index >= 15 is 0 Å². The van der Waals surface area contributed by atoms with E-state index in [9.17, 15) is 8.42 Å². The van der Waals surface area contributed by atoms with Crippen LogP contribution in [0.3, 0.4) is 0 Å². The Morgan fingerprint density at radius 2 is 1.84 bits per heavy atom. The highest BCUT2D eigenvalue weighted by molar-refractivity contribution is 7.92. The van der Waals surface area contributed by atoms with Crippen LogP contribution in [-0.2, 0) is 16.6 Å². The van der Waals surface area contributed by atoms with Crippen molar-refractivity contribution in [3.63, 3.8) is 0 Å². The summed E-state index contributed by atoms with van der Waals surface area (Å²) in [5.41, 5.74) is 0.972. The lowest BCUT2D eigenvalue weighted by atomic mass is 10.2. The van der Waals surface area contributed by atoms with Crippen LogP contribution in [0.4, 0.5) is 5.95 Å². The van der Waals surface area contributed by atoms with Crippen LogP contribution in [0, 0.1) is 0 Å². The van der Waals surface area contributed by atoms with Crippen LogP contribution in [0.5, 0.6) is 0 Å². The summed E-state index contributed by atoms with van der Waals surface area (Å²) in [6.45, 7) is 6.02. The van der Waals surface area contributed by atoms with Gasteiger partial charge in [-0.25, -0.2) is 23.1 Å². The van der Waals surface area contributed by atoms with E-state index in [-0.39, 0.29) is 10.8 Å². The fourth-order valence-corrected chi connectivity index (χ4v) is 3.77. The lowest BCUT2D eigenvalue weighted by molar-refractivity contribution is 0.0998. The van der Waals surface area contributed by atoms with E-state index in [2.05, 4.69) is 38.5 Å². The summed E-state index contributed by atoms with van der Waals surface area (Å²) in [7, 11) is -1.52. The van der Waals surface area contributed by atoms with Crippen LogP contribution >= 0.6 is 0 Å². The van der Waals surface area contributed by atoms with Gasteiger partial charge in [-0.15, -0.1) is 0 Å². The number of nitrogens with zero attached hydrogens (tertiary/aromatic N) is 4. The Kier molecular flexibility index (Phi) is 5.31. The monoisotopic (exact) mass is 361 g/mol. The molecule has 0 saturated carbocycles. The predicted octanol–water partition coefficient (Wildman–Crippen LogP) is 1.41. The number of anilines is 1. The molecule has 0 spiro atoms. The minimum absolute atomic E-state index is 0.0827. The zero-order chi connectivity index (χ0) is 17.9. The molecule has 0 radical (unpaired) electrons. The summed E-state index contributed by atoms with van der Waals surface area (Å²) >= 11 is 0. The lowest BCUT2D eigenvalue weighted by Gasteiger charge is -2.37. The summed E-state index contributed by atoms with van der Waals surface area (Å²) in [5, 5.41) is 0. The molecule has 2 heterocycles. The molecule has 7 nitrogen and oxygen atoms in total.